The molecule has 0 amide bonds. The Kier molecular flexibility index (Phi) is 3.28. The quantitative estimate of drug-likeness (QED) is 0.584. The summed E-state index contributed by atoms with van der Waals surface area (Å²) in [6, 6.07) is 20.0. The first-order valence-corrected chi connectivity index (χ1v) is 7.19. The predicted molar refractivity (Wildman–Crippen MR) is 89.3 cm³/mol. The van der Waals surface area contributed by atoms with Crippen LogP contribution in [0.3, 0.4) is 0 Å². The number of hydrogen-bond donors (Lipinski definition) is 1. The Morgan fingerprint density at radius 2 is 1.61 bits per heavy atom. The van der Waals surface area contributed by atoms with E-state index in [-0.39, 0.29) is 5.82 Å². The fourth-order valence-electron chi connectivity index (χ4n) is 2.95. The number of nitrogens with zero attached hydrogens (tertiary/aromatic N) is 1. The Bertz CT molecular complexity index is 995. The SMILES string of the molecule is O[B]Oc1ccc2c(c1)c1ccccc1n2-c1ccc(F)cc1. The molecule has 5 heteroatoms. The van der Waals surface area contributed by atoms with Crippen molar-refractivity contribution in [2.24, 2.45) is 0 Å². The molecule has 3 nitrogen and oxygen atoms in total. The van der Waals surface area contributed by atoms with Gasteiger partial charge in [0.25, 0.3) is 0 Å². The van der Waals surface area contributed by atoms with Gasteiger partial charge >= 0.3 is 7.69 Å². The van der Waals surface area contributed by atoms with Gasteiger partial charge < -0.3 is 14.2 Å². The van der Waals surface area contributed by atoms with E-state index in [1.807, 2.05) is 36.4 Å². The van der Waals surface area contributed by atoms with Gasteiger partial charge in [0.1, 0.15) is 11.6 Å². The predicted octanol–water partition coefficient (Wildman–Crippen LogP) is 3.83. The summed E-state index contributed by atoms with van der Waals surface area (Å²) in [4.78, 5) is 0. The van der Waals surface area contributed by atoms with Gasteiger partial charge in [-0.05, 0) is 48.5 Å². The molecule has 0 spiro atoms. The largest absolute Gasteiger partial charge is 0.569 e. The van der Waals surface area contributed by atoms with Gasteiger partial charge in [-0.15, -0.1) is 0 Å². The first-order chi connectivity index (χ1) is 11.3. The zero-order valence-corrected chi connectivity index (χ0v) is 12.1. The lowest BCUT2D eigenvalue weighted by Crippen LogP contribution is -1.99. The lowest BCUT2D eigenvalue weighted by molar-refractivity contribution is 0.454. The van der Waals surface area contributed by atoms with E-state index < -0.39 is 0 Å². The molecule has 23 heavy (non-hydrogen) atoms. The van der Waals surface area contributed by atoms with Crippen LogP contribution in [0.15, 0.2) is 66.7 Å². The van der Waals surface area contributed by atoms with Crippen LogP contribution in [0.25, 0.3) is 27.5 Å². The second kappa shape index (κ2) is 5.45. The minimum absolute atomic E-state index is 0.260. The van der Waals surface area contributed by atoms with Crippen molar-refractivity contribution in [3.8, 4) is 11.4 Å². The Balaban J connectivity index is 2.06. The molecule has 4 aromatic rings. The number of aromatic nitrogens is 1. The topological polar surface area (TPSA) is 34.4 Å². The second-order valence-electron chi connectivity index (χ2n) is 5.23. The maximum Gasteiger partial charge on any atom is 0.569 e. The minimum Gasteiger partial charge on any atom is -0.537 e. The number of hydrogen-bond acceptors (Lipinski definition) is 2. The molecule has 111 valence electrons. The van der Waals surface area contributed by atoms with Crippen molar-refractivity contribution in [2.75, 3.05) is 0 Å². The van der Waals surface area contributed by atoms with Crippen molar-refractivity contribution in [1.82, 2.24) is 4.57 Å². The van der Waals surface area contributed by atoms with Crippen LogP contribution in [-0.4, -0.2) is 17.3 Å². The third-order valence-electron chi connectivity index (χ3n) is 3.92. The monoisotopic (exact) mass is 304 g/mol. The molecule has 0 saturated heterocycles. The van der Waals surface area contributed by atoms with E-state index in [0.717, 1.165) is 27.5 Å². The van der Waals surface area contributed by atoms with Crippen molar-refractivity contribution in [1.29, 1.82) is 0 Å². The van der Waals surface area contributed by atoms with Crippen molar-refractivity contribution in [2.45, 2.75) is 0 Å². The van der Waals surface area contributed by atoms with Gasteiger partial charge in [-0.25, -0.2) is 4.39 Å². The van der Waals surface area contributed by atoms with Crippen LogP contribution in [0, 0.1) is 5.82 Å². The molecular weight excluding hydrogens is 292 g/mol. The van der Waals surface area contributed by atoms with Crippen LogP contribution < -0.4 is 4.65 Å². The highest BCUT2D eigenvalue weighted by Crippen LogP contribution is 2.34. The summed E-state index contributed by atoms with van der Waals surface area (Å²) in [6.07, 6.45) is 0. The van der Waals surface area contributed by atoms with Crippen molar-refractivity contribution in [3.63, 3.8) is 0 Å². The highest BCUT2D eigenvalue weighted by molar-refractivity contribution is 6.17. The normalized spacial score (nSPS) is 11.0. The Morgan fingerprint density at radius 3 is 2.39 bits per heavy atom. The smallest absolute Gasteiger partial charge is 0.537 e. The van der Waals surface area contributed by atoms with Crippen molar-refractivity contribution in [3.05, 3.63) is 72.5 Å². The summed E-state index contributed by atoms with van der Waals surface area (Å²) in [5.41, 5.74) is 2.90. The van der Waals surface area contributed by atoms with E-state index in [1.54, 1.807) is 18.2 Å². The third-order valence-corrected chi connectivity index (χ3v) is 3.92. The van der Waals surface area contributed by atoms with Gasteiger partial charge in [0, 0.05) is 16.5 Å². The van der Waals surface area contributed by atoms with Crippen LogP contribution >= 0.6 is 0 Å². The molecule has 0 fully saturated rings. The van der Waals surface area contributed by atoms with Crippen LogP contribution in [0.5, 0.6) is 5.75 Å². The van der Waals surface area contributed by atoms with E-state index in [1.165, 1.54) is 12.1 Å². The Morgan fingerprint density at radius 1 is 0.870 bits per heavy atom. The molecular formula is C18H12BFNO2. The minimum atomic E-state index is -0.260. The van der Waals surface area contributed by atoms with Gasteiger partial charge in [0.05, 0.1) is 11.0 Å². The third kappa shape index (κ3) is 2.26. The maximum atomic E-state index is 13.2. The van der Waals surface area contributed by atoms with E-state index >= 15 is 0 Å². The number of benzene rings is 3. The van der Waals surface area contributed by atoms with Crippen LogP contribution in [-0.2, 0) is 0 Å². The summed E-state index contributed by atoms with van der Waals surface area (Å²) in [5, 5.41) is 10.9. The summed E-state index contributed by atoms with van der Waals surface area (Å²) in [7, 11) is 0.667. The summed E-state index contributed by atoms with van der Waals surface area (Å²) >= 11 is 0. The molecule has 3 aromatic carbocycles. The van der Waals surface area contributed by atoms with Crippen LogP contribution in [0.1, 0.15) is 0 Å². The van der Waals surface area contributed by atoms with Crippen molar-refractivity contribution >= 4 is 29.5 Å². The van der Waals surface area contributed by atoms with E-state index in [4.69, 9.17) is 9.68 Å². The first kappa shape index (κ1) is 13.8. The molecule has 0 aliphatic carbocycles. The number of rotatable bonds is 3. The second-order valence-corrected chi connectivity index (χ2v) is 5.23. The highest BCUT2D eigenvalue weighted by Gasteiger charge is 2.12. The van der Waals surface area contributed by atoms with Crippen LogP contribution in [0.4, 0.5) is 4.39 Å². The molecule has 0 atom stereocenters. The molecule has 1 N–H and O–H groups in total. The molecule has 1 aromatic heterocycles. The zero-order chi connectivity index (χ0) is 15.8. The number of para-hydroxylation sites is 1. The molecule has 4 rings (SSSR count). The van der Waals surface area contributed by atoms with E-state index in [9.17, 15) is 4.39 Å². The Hall–Kier alpha value is -2.79. The standard InChI is InChI=1S/C18H12BFNO2/c20-12-5-7-13(8-6-12)21-17-4-2-1-3-15(17)16-11-14(23-19-22)9-10-18(16)21/h1-11,22H. The van der Waals surface area contributed by atoms with Gasteiger partial charge in [0.15, 0.2) is 0 Å². The molecule has 1 heterocycles. The molecule has 0 bridgehead atoms. The van der Waals surface area contributed by atoms with Crippen LogP contribution in [0.2, 0.25) is 0 Å². The highest BCUT2D eigenvalue weighted by atomic mass is 19.1. The zero-order valence-electron chi connectivity index (χ0n) is 12.1. The molecule has 1 radical (unpaired) electrons. The van der Waals surface area contributed by atoms with Gasteiger partial charge in [-0.3, -0.25) is 0 Å². The molecule has 0 aliphatic rings. The summed E-state index contributed by atoms with van der Waals surface area (Å²) in [5.74, 6) is 0.297. The Labute approximate surface area is 132 Å². The molecule has 0 saturated carbocycles. The maximum absolute atomic E-state index is 13.2. The lowest BCUT2D eigenvalue weighted by Gasteiger charge is -2.08. The number of fused-ring (bicyclic) bond motifs is 3. The molecule has 0 aliphatic heterocycles. The van der Waals surface area contributed by atoms with Gasteiger partial charge in [-0.2, -0.15) is 0 Å². The lowest BCUT2D eigenvalue weighted by atomic mass is 10.1. The first-order valence-electron chi connectivity index (χ1n) is 7.19. The average Bonchev–Trinajstić information content (AvgIpc) is 2.90. The average molecular weight is 304 g/mol. The summed E-state index contributed by atoms with van der Waals surface area (Å²) in [6.45, 7) is 0. The number of halogens is 1. The van der Waals surface area contributed by atoms with Gasteiger partial charge in [0.2, 0.25) is 0 Å². The van der Waals surface area contributed by atoms with E-state index in [0.29, 0.717) is 13.4 Å². The summed E-state index contributed by atoms with van der Waals surface area (Å²) < 4.78 is 20.4. The fraction of sp³-hybridized carbons (Fsp3) is 0. The van der Waals surface area contributed by atoms with Gasteiger partial charge in [-0.1, -0.05) is 18.2 Å². The van der Waals surface area contributed by atoms with E-state index in [2.05, 4.69) is 4.57 Å². The fourth-order valence-corrected chi connectivity index (χ4v) is 2.95. The van der Waals surface area contributed by atoms with Crippen molar-refractivity contribution < 1.29 is 14.1 Å². The molecule has 0 unspecified atom stereocenters.